The number of aliphatic hydroxyl groups is 3. The topological polar surface area (TPSA) is 60.7 Å². The van der Waals surface area contributed by atoms with E-state index in [9.17, 15) is 15.3 Å². The molecular formula is C21H34O3. The summed E-state index contributed by atoms with van der Waals surface area (Å²) in [5.74, 6) is 1.87. The first-order chi connectivity index (χ1) is 11.2. The lowest BCUT2D eigenvalue weighted by Gasteiger charge is -2.59. The van der Waals surface area contributed by atoms with E-state index in [1.807, 2.05) is 0 Å². The maximum Gasteiger partial charge on any atom is 0.0958 e. The van der Waals surface area contributed by atoms with E-state index < -0.39 is 11.7 Å². The second-order valence-electron chi connectivity index (χ2n) is 9.73. The Kier molecular flexibility index (Phi) is 3.77. The van der Waals surface area contributed by atoms with Crippen molar-refractivity contribution >= 4 is 0 Å². The third-order valence-electron chi connectivity index (χ3n) is 9.00. The lowest BCUT2D eigenvalue weighted by atomic mass is 9.46. The molecule has 136 valence electrons. The summed E-state index contributed by atoms with van der Waals surface area (Å²) in [4.78, 5) is 0. The van der Waals surface area contributed by atoms with E-state index in [-0.39, 0.29) is 16.9 Å². The summed E-state index contributed by atoms with van der Waals surface area (Å²) in [5, 5.41) is 31.6. The van der Waals surface area contributed by atoms with Crippen LogP contribution in [0, 0.1) is 28.6 Å². The second-order valence-corrected chi connectivity index (χ2v) is 9.73. The minimum Gasteiger partial charge on any atom is -0.390 e. The number of hydrogen-bond acceptors (Lipinski definition) is 3. The van der Waals surface area contributed by atoms with Crippen molar-refractivity contribution in [3.8, 4) is 0 Å². The molecule has 0 spiro atoms. The molecule has 3 N–H and O–H groups in total. The average Bonchev–Trinajstić information content (AvgIpc) is 2.81. The average molecular weight is 335 g/mol. The molecule has 1 unspecified atom stereocenters. The highest BCUT2D eigenvalue weighted by Crippen LogP contribution is 2.68. The number of fused-ring (bicyclic) bond motifs is 5. The fourth-order valence-corrected chi connectivity index (χ4v) is 7.45. The summed E-state index contributed by atoms with van der Waals surface area (Å²) >= 11 is 0. The first kappa shape index (κ1) is 17.1. The molecule has 0 saturated heterocycles. The predicted molar refractivity (Wildman–Crippen MR) is 94.3 cm³/mol. The Morgan fingerprint density at radius 2 is 1.75 bits per heavy atom. The van der Waals surface area contributed by atoms with Crippen LogP contribution in [0.2, 0.25) is 0 Å². The number of allylic oxidation sites excluding steroid dienone is 1. The van der Waals surface area contributed by atoms with E-state index in [0.717, 1.165) is 44.9 Å². The summed E-state index contributed by atoms with van der Waals surface area (Å²) in [6.07, 6.45) is 9.51. The Morgan fingerprint density at radius 3 is 2.46 bits per heavy atom. The van der Waals surface area contributed by atoms with Gasteiger partial charge in [-0.3, -0.25) is 0 Å². The van der Waals surface area contributed by atoms with E-state index in [1.54, 1.807) is 6.92 Å². The van der Waals surface area contributed by atoms with Crippen LogP contribution < -0.4 is 0 Å². The van der Waals surface area contributed by atoms with Gasteiger partial charge in [-0.25, -0.2) is 0 Å². The third-order valence-corrected chi connectivity index (χ3v) is 9.00. The molecule has 24 heavy (non-hydrogen) atoms. The van der Waals surface area contributed by atoms with Crippen LogP contribution in [-0.4, -0.2) is 33.1 Å². The number of hydrogen-bond donors (Lipinski definition) is 3. The minimum absolute atomic E-state index is 0.145. The largest absolute Gasteiger partial charge is 0.390 e. The summed E-state index contributed by atoms with van der Waals surface area (Å²) < 4.78 is 0. The molecule has 0 heterocycles. The molecule has 3 saturated carbocycles. The van der Waals surface area contributed by atoms with Crippen LogP contribution in [0.1, 0.15) is 72.1 Å². The Hall–Kier alpha value is -0.380. The highest BCUT2D eigenvalue weighted by molar-refractivity contribution is 5.26. The van der Waals surface area contributed by atoms with E-state index in [0.29, 0.717) is 17.8 Å². The van der Waals surface area contributed by atoms with E-state index >= 15 is 0 Å². The molecule has 0 radical (unpaired) electrons. The van der Waals surface area contributed by atoms with Gasteiger partial charge in [0, 0.05) is 5.41 Å². The SMILES string of the molecule is C[C@@H](O)[C@@]1(O)CC[C@@H]2[C@@H]3CCC4=CC(O)CC[C@]4(C)[C@@H]3CC[C@]21C. The monoisotopic (exact) mass is 334 g/mol. The van der Waals surface area contributed by atoms with E-state index in [4.69, 9.17) is 0 Å². The van der Waals surface area contributed by atoms with Crippen molar-refractivity contribution in [2.75, 3.05) is 0 Å². The van der Waals surface area contributed by atoms with Crippen LogP contribution in [0.4, 0.5) is 0 Å². The fraction of sp³-hybridized carbons (Fsp3) is 0.905. The van der Waals surface area contributed by atoms with E-state index in [2.05, 4.69) is 19.9 Å². The number of rotatable bonds is 1. The van der Waals surface area contributed by atoms with Gasteiger partial charge in [-0.1, -0.05) is 25.5 Å². The van der Waals surface area contributed by atoms with Crippen molar-refractivity contribution in [3.63, 3.8) is 0 Å². The smallest absolute Gasteiger partial charge is 0.0958 e. The molecule has 4 rings (SSSR count). The first-order valence-electron chi connectivity index (χ1n) is 10.0. The standard InChI is InChI=1S/C21H34O3/c1-13(22)21(24)11-8-18-16-5-4-14-12-15(23)6-9-19(14,2)17(16)7-10-20(18,21)3/h12-13,15-18,22-24H,4-11H2,1-3H3/t13-,15?,16-,17-,18-,19+,20-,21+/m1/s1. The van der Waals surface area contributed by atoms with Gasteiger partial charge in [0.15, 0.2) is 0 Å². The van der Waals surface area contributed by atoms with Gasteiger partial charge in [0.05, 0.1) is 17.8 Å². The van der Waals surface area contributed by atoms with Gasteiger partial charge in [-0.15, -0.1) is 0 Å². The van der Waals surface area contributed by atoms with Gasteiger partial charge in [0.1, 0.15) is 0 Å². The first-order valence-corrected chi connectivity index (χ1v) is 10.0. The Bertz CT molecular complexity index is 555. The lowest BCUT2D eigenvalue weighted by molar-refractivity contribution is -0.172. The van der Waals surface area contributed by atoms with Gasteiger partial charge in [0.25, 0.3) is 0 Å². The molecule has 0 amide bonds. The zero-order chi connectivity index (χ0) is 17.3. The molecular weight excluding hydrogens is 300 g/mol. The van der Waals surface area contributed by atoms with Crippen molar-refractivity contribution in [1.82, 2.24) is 0 Å². The molecule has 8 atom stereocenters. The highest BCUT2D eigenvalue weighted by atomic mass is 16.3. The van der Waals surface area contributed by atoms with Gasteiger partial charge in [0.2, 0.25) is 0 Å². The molecule has 0 aromatic rings. The summed E-state index contributed by atoms with van der Waals surface area (Å²) in [6, 6.07) is 0. The summed E-state index contributed by atoms with van der Waals surface area (Å²) in [7, 11) is 0. The third kappa shape index (κ3) is 2.01. The van der Waals surface area contributed by atoms with Crippen molar-refractivity contribution in [1.29, 1.82) is 0 Å². The van der Waals surface area contributed by atoms with Crippen LogP contribution in [0.25, 0.3) is 0 Å². The van der Waals surface area contributed by atoms with Gasteiger partial charge >= 0.3 is 0 Å². The zero-order valence-electron chi connectivity index (χ0n) is 15.5. The quantitative estimate of drug-likeness (QED) is 0.644. The van der Waals surface area contributed by atoms with Crippen LogP contribution in [-0.2, 0) is 0 Å². The van der Waals surface area contributed by atoms with Crippen molar-refractivity contribution in [2.24, 2.45) is 28.6 Å². The van der Waals surface area contributed by atoms with Crippen LogP contribution >= 0.6 is 0 Å². The molecule has 0 bridgehead atoms. The fourth-order valence-electron chi connectivity index (χ4n) is 7.45. The molecule has 3 heteroatoms. The van der Waals surface area contributed by atoms with E-state index in [1.165, 1.54) is 12.0 Å². The molecule has 0 aliphatic heterocycles. The minimum atomic E-state index is -0.914. The molecule has 3 nitrogen and oxygen atoms in total. The molecule has 4 aliphatic rings. The molecule has 4 aliphatic carbocycles. The normalized spacial score (nSPS) is 55.2. The molecule has 0 aromatic carbocycles. The molecule has 0 aromatic heterocycles. The van der Waals surface area contributed by atoms with Crippen LogP contribution in [0.3, 0.4) is 0 Å². The Balaban J connectivity index is 1.67. The van der Waals surface area contributed by atoms with Crippen LogP contribution in [0.15, 0.2) is 11.6 Å². The lowest BCUT2D eigenvalue weighted by Crippen LogP contribution is -2.58. The van der Waals surface area contributed by atoms with Crippen molar-refractivity contribution < 1.29 is 15.3 Å². The Labute approximate surface area is 146 Å². The van der Waals surface area contributed by atoms with Crippen LogP contribution in [0.5, 0.6) is 0 Å². The van der Waals surface area contributed by atoms with Crippen molar-refractivity contribution in [3.05, 3.63) is 11.6 Å². The highest BCUT2D eigenvalue weighted by Gasteiger charge is 2.65. The maximum atomic E-state index is 11.3. The summed E-state index contributed by atoms with van der Waals surface area (Å²) in [6.45, 7) is 6.44. The maximum absolute atomic E-state index is 11.3. The second kappa shape index (κ2) is 5.31. The molecule has 3 fully saturated rings. The predicted octanol–water partition coefficient (Wildman–Crippen LogP) is 3.42. The Morgan fingerprint density at radius 1 is 1.04 bits per heavy atom. The number of aliphatic hydroxyl groups excluding tert-OH is 2. The summed E-state index contributed by atoms with van der Waals surface area (Å²) in [5.41, 5.74) is 0.681. The van der Waals surface area contributed by atoms with Crippen molar-refractivity contribution in [2.45, 2.75) is 89.9 Å². The van der Waals surface area contributed by atoms with Gasteiger partial charge < -0.3 is 15.3 Å². The van der Waals surface area contributed by atoms with Gasteiger partial charge in [-0.05, 0) is 81.5 Å². The van der Waals surface area contributed by atoms with Gasteiger partial charge in [-0.2, -0.15) is 0 Å². The zero-order valence-corrected chi connectivity index (χ0v) is 15.5.